The monoisotopic (exact) mass is 673 g/mol. The fourth-order valence-electron chi connectivity index (χ4n) is 12.9. The predicted octanol–water partition coefficient (Wildman–Crippen LogP) is 7.64. The molecule has 48 heavy (non-hydrogen) atoms. The first kappa shape index (κ1) is 34.1. The minimum absolute atomic E-state index is 0.0338. The zero-order valence-corrected chi connectivity index (χ0v) is 30.9. The van der Waals surface area contributed by atoms with E-state index in [4.69, 9.17) is 33.8 Å². The third-order valence-electron chi connectivity index (χ3n) is 15.7. The number of amides is 1. The molecule has 0 aromatic heterocycles. The van der Waals surface area contributed by atoms with Crippen LogP contribution in [0, 0.1) is 47.3 Å². The molecule has 6 heterocycles. The van der Waals surface area contributed by atoms with E-state index in [0.717, 1.165) is 51.4 Å². The highest BCUT2D eigenvalue weighted by atomic mass is 17.2. The Morgan fingerprint density at radius 2 is 1.23 bits per heavy atom. The third-order valence-corrected chi connectivity index (χ3v) is 15.7. The van der Waals surface area contributed by atoms with E-state index in [1.54, 1.807) is 4.90 Å². The number of fused-ring (bicyclic) bond motifs is 4. The quantitative estimate of drug-likeness (QED) is 0.266. The smallest absolute Gasteiger partial charge is 0.410 e. The van der Waals surface area contributed by atoms with Crippen LogP contribution in [-0.2, 0) is 33.8 Å². The summed E-state index contributed by atoms with van der Waals surface area (Å²) >= 11 is 0. The van der Waals surface area contributed by atoms with Crippen molar-refractivity contribution in [2.24, 2.45) is 47.3 Å². The average Bonchev–Trinajstić information content (AvgIpc) is 3.43. The number of hydrogen-bond acceptors (Lipinski definition) is 8. The largest absolute Gasteiger partial charge is 0.443 e. The summed E-state index contributed by atoms with van der Waals surface area (Å²) in [5, 5.41) is 0. The van der Waals surface area contributed by atoms with Crippen LogP contribution in [0.3, 0.4) is 0 Å². The van der Waals surface area contributed by atoms with Gasteiger partial charge in [0.15, 0.2) is 0 Å². The van der Waals surface area contributed by atoms with E-state index in [-0.39, 0.29) is 59.5 Å². The van der Waals surface area contributed by atoms with Crippen molar-refractivity contribution in [3.63, 3.8) is 0 Å². The molecule has 9 heteroatoms. The molecule has 6 aliphatic heterocycles. The van der Waals surface area contributed by atoms with Gasteiger partial charge in [-0.05, 0) is 126 Å². The summed E-state index contributed by atoms with van der Waals surface area (Å²) in [6, 6.07) is 0. The van der Waals surface area contributed by atoms with Crippen LogP contribution in [0.2, 0.25) is 0 Å². The predicted molar refractivity (Wildman–Crippen MR) is 179 cm³/mol. The molecule has 272 valence electrons. The highest BCUT2D eigenvalue weighted by Crippen LogP contribution is 2.64. The minimum atomic E-state index is -0.446. The van der Waals surface area contributed by atoms with E-state index in [9.17, 15) is 4.79 Å². The second-order valence-corrected chi connectivity index (χ2v) is 18.3. The van der Waals surface area contributed by atoms with Crippen molar-refractivity contribution >= 4 is 6.09 Å². The normalized spacial score (nSPS) is 54.3. The molecule has 4 bridgehead atoms. The molecule has 9 nitrogen and oxygen atoms in total. The Bertz CT molecular complexity index is 1230. The van der Waals surface area contributed by atoms with Crippen molar-refractivity contribution < 1.29 is 38.6 Å². The summed E-state index contributed by atoms with van der Waals surface area (Å²) in [5.41, 5.74) is -1.55. The van der Waals surface area contributed by atoms with Gasteiger partial charge in [-0.1, -0.05) is 27.7 Å². The van der Waals surface area contributed by atoms with Gasteiger partial charge in [-0.25, -0.2) is 24.3 Å². The highest BCUT2D eigenvalue weighted by Gasteiger charge is 2.70. The lowest BCUT2D eigenvalue weighted by Crippen LogP contribution is -2.71. The maximum absolute atomic E-state index is 13.8. The van der Waals surface area contributed by atoms with Gasteiger partial charge in [0.1, 0.15) is 28.5 Å². The summed E-state index contributed by atoms with van der Waals surface area (Å²) in [7, 11) is 0. The Hall–Kier alpha value is -0.970. The van der Waals surface area contributed by atoms with E-state index < -0.39 is 17.3 Å². The summed E-state index contributed by atoms with van der Waals surface area (Å²) in [4.78, 5) is 41.4. The van der Waals surface area contributed by atoms with Crippen LogP contribution in [0.1, 0.15) is 126 Å². The van der Waals surface area contributed by atoms with Crippen LogP contribution in [0.4, 0.5) is 4.79 Å². The number of carbonyl (C=O) groups is 1. The maximum Gasteiger partial charge on any atom is 0.410 e. The summed E-state index contributed by atoms with van der Waals surface area (Å²) in [6.45, 7) is 19.1. The maximum atomic E-state index is 13.8. The first-order valence-corrected chi connectivity index (χ1v) is 19.9. The lowest BCUT2D eigenvalue weighted by Gasteiger charge is -2.62. The molecule has 0 radical (unpaired) electrons. The van der Waals surface area contributed by atoms with Gasteiger partial charge in [0.05, 0.1) is 24.4 Å². The molecule has 10 rings (SSSR count). The SMILES string of the molecule is CCN(CC)C(=O)O[C@@H](C[C@H]1O[C@@H]2C[C@]3(C)CC[C@H]4[C@H](C)CC[C@@H]([C@H]1C)[C@@]24OO3)C1O[C@@H]2C[C@]3(C)CC[C@H]4[C@H](C)CC[C@@H]([C@H]1C)[C@@]24OO3. The van der Waals surface area contributed by atoms with Crippen molar-refractivity contribution in [3.8, 4) is 0 Å². The van der Waals surface area contributed by atoms with Gasteiger partial charge in [-0.15, -0.1) is 0 Å². The third kappa shape index (κ3) is 4.93. The minimum Gasteiger partial charge on any atom is -0.443 e. The fraction of sp³-hybridized carbons (Fsp3) is 0.974. The standard InChI is InChI=1S/C39H63NO8/c1-9-40(10-2)35(41)43-31(34-25(6)29-14-12-23(4)27-16-18-37(8)21-33(44-34)39(27,29)48-46-37)19-30-24(5)28-13-11-22(3)26-15-17-36(7)20-32(42-30)38(26,28)47-45-36/h22-34H,9-21H2,1-8H3/t22-,23-,24-,25-,26+,27+,28+,29+,30-,31+,32-,33-,34?,36+,37+,38-,39-/m1/s1. The fourth-order valence-corrected chi connectivity index (χ4v) is 12.9. The topological polar surface area (TPSA) is 84.9 Å². The van der Waals surface area contributed by atoms with Crippen molar-refractivity contribution in [1.29, 1.82) is 0 Å². The van der Waals surface area contributed by atoms with Crippen LogP contribution in [-0.4, -0.2) is 77.0 Å². The summed E-state index contributed by atoms with van der Waals surface area (Å²) in [5.74, 6) is 2.94. The highest BCUT2D eigenvalue weighted by molar-refractivity contribution is 5.67. The number of carbonyl (C=O) groups excluding carboxylic acids is 1. The molecule has 2 spiro atoms. The average molecular weight is 674 g/mol. The zero-order valence-electron chi connectivity index (χ0n) is 30.9. The number of rotatable bonds is 6. The van der Waals surface area contributed by atoms with Gasteiger partial charge in [-0.3, -0.25) is 0 Å². The van der Waals surface area contributed by atoms with Crippen molar-refractivity contribution in [3.05, 3.63) is 0 Å². The second kappa shape index (κ2) is 12.0. The van der Waals surface area contributed by atoms with Crippen LogP contribution in [0.15, 0.2) is 0 Å². The number of hydrogen-bond donors (Lipinski definition) is 0. The van der Waals surface area contributed by atoms with Crippen LogP contribution in [0.5, 0.6) is 0 Å². The van der Waals surface area contributed by atoms with E-state index in [1.165, 1.54) is 12.8 Å². The van der Waals surface area contributed by atoms with Crippen LogP contribution >= 0.6 is 0 Å². The number of nitrogens with zero attached hydrogens (tertiary/aromatic N) is 1. The molecular weight excluding hydrogens is 610 g/mol. The summed E-state index contributed by atoms with van der Waals surface area (Å²) in [6.07, 6.45) is 9.91. The molecule has 10 fully saturated rings. The Balaban J connectivity index is 1.13. The second-order valence-electron chi connectivity index (χ2n) is 18.3. The van der Waals surface area contributed by atoms with Gasteiger partial charge in [0.2, 0.25) is 0 Å². The lowest BCUT2D eigenvalue weighted by atomic mass is 9.55. The molecule has 10 aliphatic rings. The first-order chi connectivity index (χ1) is 22.9. The van der Waals surface area contributed by atoms with E-state index in [0.29, 0.717) is 49.1 Å². The summed E-state index contributed by atoms with van der Waals surface area (Å²) < 4.78 is 21.3. The lowest BCUT2D eigenvalue weighted by molar-refractivity contribution is -0.491. The molecular formula is C39H63NO8. The van der Waals surface area contributed by atoms with Gasteiger partial charge in [0.25, 0.3) is 0 Å². The number of ether oxygens (including phenoxy) is 3. The Labute approximate surface area is 288 Å². The van der Waals surface area contributed by atoms with Crippen LogP contribution < -0.4 is 0 Å². The molecule has 1 amide bonds. The molecule has 4 aliphatic carbocycles. The van der Waals surface area contributed by atoms with E-state index >= 15 is 0 Å². The molecule has 4 saturated carbocycles. The van der Waals surface area contributed by atoms with Crippen molar-refractivity contribution in [2.75, 3.05) is 13.1 Å². The zero-order chi connectivity index (χ0) is 33.8. The molecule has 0 N–H and O–H groups in total. The van der Waals surface area contributed by atoms with Gasteiger partial charge in [-0.2, -0.15) is 0 Å². The Kier molecular flexibility index (Phi) is 8.57. The van der Waals surface area contributed by atoms with Crippen molar-refractivity contribution in [1.82, 2.24) is 4.90 Å². The van der Waals surface area contributed by atoms with Gasteiger partial charge >= 0.3 is 6.09 Å². The molecule has 6 saturated heterocycles. The molecule has 0 aromatic carbocycles. The Morgan fingerprint density at radius 1 is 0.708 bits per heavy atom. The van der Waals surface area contributed by atoms with E-state index in [1.807, 2.05) is 13.8 Å². The van der Waals surface area contributed by atoms with Gasteiger partial charge < -0.3 is 19.1 Å². The van der Waals surface area contributed by atoms with E-state index in [2.05, 4.69) is 41.5 Å². The van der Waals surface area contributed by atoms with Crippen LogP contribution in [0.25, 0.3) is 0 Å². The molecule has 0 aromatic rings. The van der Waals surface area contributed by atoms with Gasteiger partial charge in [0, 0.05) is 32.4 Å². The van der Waals surface area contributed by atoms with Crippen molar-refractivity contribution in [2.45, 2.75) is 179 Å². The molecule has 17 atom stereocenters. The molecule has 1 unspecified atom stereocenters. The Morgan fingerprint density at radius 3 is 1.77 bits per heavy atom. The first-order valence-electron chi connectivity index (χ1n) is 19.9.